The summed E-state index contributed by atoms with van der Waals surface area (Å²) in [5.74, 6) is 0. The Morgan fingerprint density at radius 3 is 2.80 bits per heavy atom. The van der Waals surface area contributed by atoms with E-state index in [1.165, 1.54) is 12.8 Å². The molecule has 0 spiro atoms. The number of carbonyl (C=O) groups excluding carboxylic acids is 1. The van der Waals surface area contributed by atoms with Crippen LogP contribution in [0.25, 0.3) is 0 Å². The quantitative estimate of drug-likeness (QED) is 0.777. The van der Waals surface area contributed by atoms with E-state index in [0.29, 0.717) is 6.04 Å². The third-order valence-electron chi connectivity index (χ3n) is 4.42. The molecule has 2 unspecified atom stereocenters. The average molecular weight is 275 g/mol. The summed E-state index contributed by atoms with van der Waals surface area (Å²) < 4.78 is 0. The van der Waals surface area contributed by atoms with Crippen molar-refractivity contribution >= 4 is 6.29 Å². The zero-order valence-corrected chi connectivity index (χ0v) is 12.3. The van der Waals surface area contributed by atoms with Crippen LogP contribution in [-0.2, 0) is 10.2 Å². The van der Waals surface area contributed by atoms with Gasteiger partial charge in [-0.1, -0.05) is 30.3 Å². The number of aliphatic hydroxyl groups excluding tert-OH is 1. The Bertz CT molecular complexity index is 420. The molecule has 2 rings (SSSR count). The first-order chi connectivity index (χ1) is 9.69. The van der Waals surface area contributed by atoms with Crippen molar-refractivity contribution in [1.29, 1.82) is 0 Å². The standard InChI is InChI=1S/C17H25NO2/c1-17(14-20,15-7-3-2-4-8-15)13-18-11-5-9-16(18)10-6-12-19/h2-4,7-8,14,16,19H,5-6,9-13H2,1H3. The topological polar surface area (TPSA) is 40.5 Å². The lowest BCUT2D eigenvalue weighted by molar-refractivity contribution is -0.112. The van der Waals surface area contributed by atoms with Crippen molar-refractivity contribution in [2.24, 2.45) is 0 Å². The molecular weight excluding hydrogens is 250 g/mol. The van der Waals surface area contributed by atoms with E-state index in [0.717, 1.165) is 37.8 Å². The van der Waals surface area contributed by atoms with Gasteiger partial charge in [-0.15, -0.1) is 0 Å². The van der Waals surface area contributed by atoms with Crippen molar-refractivity contribution in [3.05, 3.63) is 35.9 Å². The minimum atomic E-state index is -0.441. The first-order valence-corrected chi connectivity index (χ1v) is 7.56. The van der Waals surface area contributed by atoms with Crippen LogP contribution in [0.2, 0.25) is 0 Å². The Morgan fingerprint density at radius 2 is 2.15 bits per heavy atom. The normalized spacial score (nSPS) is 22.6. The van der Waals surface area contributed by atoms with Gasteiger partial charge in [-0.2, -0.15) is 0 Å². The molecule has 1 aromatic carbocycles. The van der Waals surface area contributed by atoms with E-state index in [-0.39, 0.29) is 6.61 Å². The van der Waals surface area contributed by atoms with Gasteiger partial charge in [-0.25, -0.2) is 0 Å². The van der Waals surface area contributed by atoms with Crippen molar-refractivity contribution in [3.8, 4) is 0 Å². The summed E-state index contributed by atoms with van der Waals surface area (Å²) in [7, 11) is 0. The van der Waals surface area contributed by atoms with Gasteiger partial charge in [0.05, 0.1) is 5.41 Å². The molecule has 0 amide bonds. The fourth-order valence-corrected chi connectivity index (χ4v) is 3.19. The second kappa shape index (κ2) is 7.00. The second-order valence-electron chi connectivity index (χ2n) is 6.03. The molecule has 3 heteroatoms. The zero-order valence-electron chi connectivity index (χ0n) is 12.3. The molecule has 1 heterocycles. The number of hydrogen-bond donors (Lipinski definition) is 1. The lowest BCUT2D eigenvalue weighted by Gasteiger charge is -2.33. The number of aliphatic hydroxyl groups is 1. The molecule has 0 radical (unpaired) electrons. The summed E-state index contributed by atoms with van der Waals surface area (Å²) in [4.78, 5) is 14.1. The molecule has 1 N–H and O–H groups in total. The van der Waals surface area contributed by atoms with Gasteiger partial charge in [0.2, 0.25) is 0 Å². The fraction of sp³-hybridized carbons (Fsp3) is 0.588. The monoisotopic (exact) mass is 275 g/mol. The predicted molar refractivity (Wildman–Crippen MR) is 80.8 cm³/mol. The molecule has 0 aliphatic carbocycles. The highest BCUT2D eigenvalue weighted by Gasteiger charge is 2.33. The minimum Gasteiger partial charge on any atom is -0.396 e. The molecular formula is C17H25NO2. The zero-order chi connectivity index (χ0) is 14.4. The summed E-state index contributed by atoms with van der Waals surface area (Å²) in [5.41, 5.74) is 0.645. The van der Waals surface area contributed by atoms with Crippen LogP contribution in [0.4, 0.5) is 0 Å². The molecule has 1 aliphatic heterocycles. The molecule has 1 saturated heterocycles. The van der Waals surface area contributed by atoms with Crippen LogP contribution in [-0.4, -0.2) is 42.0 Å². The number of aldehydes is 1. The molecule has 1 aliphatic rings. The highest BCUT2D eigenvalue weighted by Crippen LogP contribution is 2.28. The maximum absolute atomic E-state index is 11.7. The molecule has 0 saturated carbocycles. The molecule has 0 bridgehead atoms. The average Bonchev–Trinajstić information content (AvgIpc) is 2.93. The van der Waals surface area contributed by atoms with Gasteiger partial charge in [-0.3, -0.25) is 4.90 Å². The highest BCUT2D eigenvalue weighted by atomic mass is 16.2. The summed E-state index contributed by atoms with van der Waals surface area (Å²) >= 11 is 0. The van der Waals surface area contributed by atoms with E-state index in [1.807, 2.05) is 37.3 Å². The van der Waals surface area contributed by atoms with Crippen molar-refractivity contribution in [3.63, 3.8) is 0 Å². The number of carbonyl (C=O) groups is 1. The maximum Gasteiger partial charge on any atom is 0.131 e. The van der Waals surface area contributed by atoms with Crippen LogP contribution in [0.15, 0.2) is 30.3 Å². The maximum atomic E-state index is 11.7. The van der Waals surface area contributed by atoms with Crippen molar-refractivity contribution in [1.82, 2.24) is 4.90 Å². The predicted octanol–water partition coefficient (Wildman–Crippen LogP) is 2.38. The first kappa shape index (κ1) is 15.2. The van der Waals surface area contributed by atoms with Gasteiger partial charge >= 0.3 is 0 Å². The van der Waals surface area contributed by atoms with Crippen molar-refractivity contribution < 1.29 is 9.90 Å². The molecule has 1 fully saturated rings. The fourth-order valence-electron chi connectivity index (χ4n) is 3.19. The van der Waals surface area contributed by atoms with Crippen LogP contribution < -0.4 is 0 Å². The third-order valence-corrected chi connectivity index (χ3v) is 4.42. The van der Waals surface area contributed by atoms with Crippen LogP contribution in [0, 0.1) is 0 Å². The highest BCUT2D eigenvalue weighted by molar-refractivity contribution is 5.68. The molecule has 110 valence electrons. The van der Waals surface area contributed by atoms with E-state index >= 15 is 0 Å². The Morgan fingerprint density at radius 1 is 1.40 bits per heavy atom. The van der Waals surface area contributed by atoms with Gasteiger partial charge in [0.25, 0.3) is 0 Å². The SMILES string of the molecule is CC(C=O)(CN1CCCC1CCCO)c1ccccc1. The lowest BCUT2D eigenvalue weighted by atomic mass is 9.83. The van der Waals surface area contributed by atoms with Gasteiger partial charge in [0, 0.05) is 19.2 Å². The number of hydrogen-bond acceptors (Lipinski definition) is 3. The Balaban J connectivity index is 2.07. The van der Waals surface area contributed by atoms with Crippen LogP contribution in [0.5, 0.6) is 0 Å². The first-order valence-electron chi connectivity index (χ1n) is 7.56. The van der Waals surface area contributed by atoms with E-state index < -0.39 is 5.41 Å². The Hall–Kier alpha value is -1.19. The van der Waals surface area contributed by atoms with E-state index in [9.17, 15) is 4.79 Å². The number of rotatable bonds is 7. The van der Waals surface area contributed by atoms with Crippen LogP contribution >= 0.6 is 0 Å². The minimum absolute atomic E-state index is 0.258. The van der Waals surface area contributed by atoms with Crippen molar-refractivity contribution in [2.75, 3.05) is 19.7 Å². The second-order valence-corrected chi connectivity index (χ2v) is 6.03. The third kappa shape index (κ3) is 3.47. The molecule has 1 aromatic rings. The van der Waals surface area contributed by atoms with E-state index in [1.54, 1.807) is 0 Å². The summed E-state index contributed by atoms with van der Waals surface area (Å²) in [6.45, 7) is 4.12. The summed E-state index contributed by atoms with van der Waals surface area (Å²) in [5, 5.41) is 8.99. The molecule has 3 nitrogen and oxygen atoms in total. The van der Waals surface area contributed by atoms with E-state index in [4.69, 9.17) is 5.11 Å². The van der Waals surface area contributed by atoms with E-state index in [2.05, 4.69) is 4.90 Å². The Labute approximate surface area is 121 Å². The molecule has 0 aromatic heterocycles. The van der Waals surface area contributed by atoms with Crippen LogP contribution in [0.1, 0.15) is 38.2 Å². The smallest absolute Gasteiger partial charge is 0.131 e. The largest absolute Gasteiger partial charge is 0.396 e. The number of nitrogens with zero attached hydrogens (tertiary/aromatic N) is 1. The van der Waals surface area contributed by atoms with Gasteiger partial charge in [-0.05, 0) is 44.7 Å². The molecule has 20 heavy (non-hydrogen) atoms. The van der Waals surface area contributed by atoms with Gasteiger partial charge in [0.1, 0.15) is 6.29 Å². The Kier molecular flexibility index (Phi) is 5.32. The number of benzene rings is 1. The van der Waals surface area contributed by atoms with Crippen molar-refractivity contribution in [2.45, 2.75) is 44.1 Å². The van der Waals surface area contributed by atoms with Gasteiger partial charge < -0.3 is 9.90 Å². The lowest BCUT2D eigenvalue weighted by Crippen LogP contribution is -2.42. The number of likely N-dealkylation sites (tertiary alicyclic amines) is 1. The van der Waals surface area contributed by atoms with Crippen LogP contribution in [0.3, 0.4) is 0 Å². The summed E-state index contributed by atoms with van der Waals surface area (Å²) in [6, 6.07) is 10.6. The molecule has 2 atom stereocenters. The summed E-state index contributed by atoms with van der Waals surface area (Å²) in [6.07, 6.45) is 5.35. The van der Waals surface area contributed by atoms with Gasteiger partial charge in [0.15, 0.2) is 0 Å².